The zero-order valence-electron chi connectivity index (χ0n) is 15.6. The van der Waals surface area contributed by atoms with Crippen LogP contribution in [0.5, 0.6) is 0 Å². The van der Waals surface area contributed by atoms with Crippen LogP contribution in [0.2, 0.25) is 0 Å². The Bertz CT molecular complexity index is 923. The van der Waals surface area contributed by atoms with Crippen molar-refractivity contribution < 1.29 is 5.11 Å². The number of pyridine rings is 2. The standard InChI is InChI=1S/C19H25N7O/c1-19(2,27)14(9-21)7-17(22)26-18-5-4-15-16(25-18)6-12(11-24-15)13(8-20)10-23-3/h4-11,20,23,27H,21-22H2,1-3H3,(H,25,26)/b13-10+,14-9+,17-7+,20-8?. The van der Waals surface area contributed by atoms with Crippen molar-refractivity contribution in [3.63, 3.8) is 0 Å². The topological polar surface area (TPSA) is 146 Å². The van der Waals surface area contributed by atoms with Crippen molar-refractivity contribution >= 4 is 28.6 Å². The molecule has 0 aliphatic carbocycles. The normalized spacial score (nSPS) is 13.6. The summed E-state index contributed by atoms with van der Waals surface area (Å²) >= 11 is 0. The lowest BCUT2D eigenvalue weighted by Gasteiger charge is -2.19. The quantitative estimate of drug-likeness (QED) is 0.322. The molecule has 0 amide bonds. The van der Waals surface area contributed by atoms with Crippen LogP contribution in [0.1, 0.15) is 19.4 Å². The Hall–Kier alpha value is -3.39. The maximum atomic E-state index is 10.1. The van der Waals surface area contributed by atoms with Gasteiger partial charge in [-0.2, -0.15) is 0 Å². The molecular weight excluding hydrogens is 342 g/mol. The zero-order valence-corrected chi connectivity index (χ0v) is 15.6. The fraction of sp³-hybridized carbons (Fsp3) is 0.211. The number of nitrogens with two attached hydrogens (primary N) is 2. The molecule has 0 bridgehead atoms. The largest absolute Gasteiger partial charge is 0.404 e. The average Bonchev–Trinajstić information content (AvgIpc) is 2.62. The molecule has 0 fully saturated rings. The van der Waals surface area contributed by atoms with Gasteiger partial charge in [-0.05, 0) is 38.1 Å². The molecule has 0 radical (unpaired) electrons. The van der Waals surface area contributed by atoms with Gasteiger partial charge in [0.25, 0.3) is 0 Å². The monoisotopic (exact) mass is 367 g/mol. The number of aromatic nitrogens is 2. The first-order valence-corrected chi connectivity index (χ1v) is 8.32. The molecule has 8 N–H and O–H groups in total. The van der Waals surface area contributed by atoms with Crippen molar-refractivity contribution in [3.05, 3.63) is 59.8 Å². The van der Waals surface area contributed by atoms with Crippen molar-refractivity contribution in [1.82, 2.24) is 15.3 Å². The second-order valence-electron chi connectivity index (χ2n) is 6.40. The number of allylic oxidation sites excluding steroid dienone is 1. The van der Waals surface area contributed by atoms with Crippen molar-refractivity contribution in [1.29, 1.82) is 5.41 Å². The maximum absolute atomic E-state index is 10.1. The third-order valence-electron chi connectivity index (χ3n) is 3.80. The lowest BCUT2D eigenvalue weighted by Crippen LogP contribution is -2.23. The highest BCUT2D eigenvalue weighted by atomic mass is 16.3. The Balaban J connectivity index is 2.35. The summed E-state index contributed by atoms with van der Waals surface area (Å²) in [6.45, 7) is 3.24. The van der Waals surface area contributed by atoms with Gasteiger partial charge in [0.1, 0.15) is 11.6 Å². The lowest BCUT2D eigenvalue weighted by atomic mass is 9.99. The number of fused-ring (bicyclic) bond motifs is 1. The molecule has 0 spiro atoms. The average molecular weight is 367 g/mol. The van der Waals surface area contributed by atoms with Crippen molar-refractivity contribution in [3.8, 4) is 0 Å². The SMILES string of the molecule is CN/C=C(\C=N)c1cnc2ccc(N/C(N)=C/C(=C\N)C(C)(C)O)nc2c1. The highest BCUT2D eigenvalue weighted by Crippen LogP contribution is 2.20. The van der Waals surface area contributed by atoms with Gasteiger partial charge in [0.2, 0.25) is 0 Å². The number of nitrogens with one attached hydrogen (secondary N) is 3. The van der Waals surface area contributed by atoms with Gasteiger partial charge in [-0.1, -0.05) is 0 Å². The molecule has 0 unspecified atom stereocenters. The molecule has 2 heterocycles. The molecular formula is C19H25N7O. The smallest absolute Gasteiger partial charge is 0.132 e. The first-order chi connectivity index (χ1) is 12.8. The minimum absolute atomic E-state index is 0.292. The van der Waals surface area contributed by atoms with Crippen LogP contribution >= 0.6 is 0 Å². The lowest BCUT2D eigenvalue weighted by molar-refractivity contribution is 0.123. The highest BCUT2D eigenvalue weighted by molar-refractivity contribution is 6.08. The van der Waals surface area contributed by atoms with Gasteiger partial charge < -0.3 is 32.6 Å². The van der Waals surface area contributed by atoms with Gasteiger partial charge in [0.05, 0.1) is 16.6 Å². The Morgan fingerprint density at radius 3 is 2.63 bits per heavy atom. The van der Waals surface area contributed by atoms with Crippen LogP contribution in [-0.4, -0.2) is 33.9 Å². The first-order valence-electron chi connectivity index (χ1n) is 8.32. The van der Waals surface area contributed by atoms with Crippen molar-refractivity contribution in [2.45, 2.75) is 19.4 Å². The molecule has 2 aromatic heterocycles. The number of anilines is 1. The molecule has 0 aliphatic rings. The fourth-order valence-corrected chi connectivity index (χ4v) is 2.38. The van der Waals surface area contributed by atoms with Crippen LogP contribution in [0.3, 0.4) is 0 Å². The van der Waals surface area contributed by atoms with Gasteiger partial charge >= 0.3 is 0 Å². The minimum atomic E-state index is -1.11. The number of hydrogen-bond donors (Lipinski definition) is 6. The predicted octanol–water partition coefficient (Wildman–Crippen LogP) is 1.67. The van der Waals surface area contributed by atoms with Crippen LogP contribution in [0.25, 0.3) is 16.6 Å². The van der Waals surface area contributed by atoms with Crippen molar-refractivity contribution in [2.24, 2.45) is 11.5 Å². The number of aliphatic hydroxyl groups is 1. The summed E-state index contributed by atoms with van der Waals surface area (Å²) in [4.78, 5) is 8.90. The van der Waals surface area contributed by atoms with E-state index in [2.05, 4.69) is 20.6 Å². The highest BCUT2D eigenvalue weighted by Gasteiger charge is 2.17. The van der Waals surface area contributed by atoms with E-state index in [9.17, 15) is 5.11 Å². The van der Waals surface area contributed by atoms with E-state index >= 15 is 0 Å². The molecule has 8 nitrogen and oxygen atoms in total. The third-order valence-corrected chi connectivity index (χ3v) is 3.80. The number of rotatable bonds is 7. The van der Waals surface area contributed by atoms with Crippen LogP contribution in [0, 0.1) is 5.41 Å². The van der Waals surface area contributed by atoms with Gasteiger partial charge in [-0.15, -0.1) is 0 Å². The molecule has 0 saturated heterocycles. The van der Waals surface area contributed by atoms with Crippen LogP contribution in [-0.2, 0) is 0 Å². The summed E-state index contributed by atoms with van der Waals surface area (Å²) in [5, 5.41) is 23.5. The summed E-state index contributed by atoms with van der Waals surface area (Å²) in [5.41, 5.74) is 13.8. The zero-order chi connectivity index (χ0) is 20.0. The summed E-state index contributed by atoms with van der Waals surface area (Å²) in [5.74, 6) is 0.816. The molecule has 2 aromatic rings. The van der Waals surface area contributed by atoms with E-state index in [0.29, 0.717) is 28.3 Å². The van der Waals surface area contributed by atoms with E-state index in [4.69, 9.17) is 16.9 Å². The summed E-state index contributed by atoms with van der Waals surface area (Å²) in [7, 11) is 1.77. The molecule has 142 valence electrons. The van der Waals surface area contributed by atoms with Crippen LogP contribution in [0.15, 0.2) is 54.3 Å². The van der Waals surface area contributed by atoms with E-state index < -0.39 is 5.60 Å². The predicted molar refractivity (Wildman–Crippen MR) is 110 cm³/mol. The van der Waals surface area contributed by atoms with E-state index in [1.807, 2.05) is 12.1 Å². The first kappa shape index (κ1) is 19.9. The van der Waals surface area contributed by atoms with Crippen molar-refractivity contribution in [2.75, 3.05) is 12.4 Å². The molecule has 0 atom stereocenters. The molecule has 2 rings (SSSR count). The Morgan fingerprint density at radius 2 is 2.04 bits per heavy atom. The van der Waals surface area contributed by atoms with Gasteiger partial charge in [0.15, 0.2) is 0 Å². The van der Waals surface area contributed by atoms with Gasteiger partial charge in [-0.25, -0.2) is 4.98 Å². The number of hydrogen-bond acceptors (Lipinski definition) is 8. The van der Waals surface area contributed by atoms with Gasteiger partial charge in [0, 0.05) is 48.6 Å². The number of nitrogens with zero attached hydrogens (tertiary/aromatic N) is 2. The third kappa shape index (κ3) is 5.05. The molecule has 8 heteroatoms. The second-order valence-corrected chi connectivity index (χ2v) is 6.40. The van der Waals surface area contributed by atoms with E-state index in [0.717, 1.165) is 11.1 Å². The van der Waals surface area contributed by atoms with E-state index in [1.54, 1.807) is 45.4 Å². The summed E-state index contributed by atoms with van der Waals surface area (Å²) < 4.78 is 0. The molecule has 0 aromatic carbocycles. The summed E-state index contributed by atoms with van der Waals surface area (Å²) in [6, 6.07) is 5.43. The van der Waals surface area contributed by atoms with Crippen LogP contribution < -0.4 is 22.1 Å². The summed E-state index contributed by atoms with van der Waals surface area (Å²) in [6.07, 6.45) is 7.53. The Kier molecular flexibility index (Phi) is 6.15. The van der Waals surface area contributed by atoms with Crippen LogP contribution in [0.4, 0.5) is 5.82 Å². The Morgan fingerprint density at radius 1 is 1.30 bits per heavy atom. The fourth-order valence-electron chi connectivity index (χ4n) is 2.38. The van der Waals surface area contributed by atoms with E-state index in [1.165, 1.54) is 12.4 Å². The molecule has 0 saturated carbocycles. The molecule has 0 aliphatic heterocycles. The second kappa shape index (κ2) is 8.33. The minimum Gasteiger partial charge on any atom is -0.404 e. The Labute approximate surface area is 158 Å². The van der Waals surface area contributed by atoms with E-state index in [-0.39, 0.29) is 0 Å². The maximum Gasteiger partial charge on any atom is 0.132 e. The molecule has 27 heavy (non-hydrogen) atoms. The van der Waals surface area contributed by atoms with Gasteiger partial charge in [-0.3, -0.25) is 4.98 Å².